The predicted octanol–water partition coefficient (Wildman–Crippen LogP) is 5.21. The molecule has 1 aliphatic heterocycles. The third kappa shape index (κ3) is 5.87. The van der Waals surface area contributed by atoms with Crippen LogP contribution < -0.4 is 25.2 Å². The molecule has 0 radical (unpaired) electrons. The molecule has 2 aromatic rings. The molecule has 1 aromatic carbocycles. The number of aromatic nitrogens is 2. The van der Waals surface area contributed by atoms with Gasteiger partial charge in [-0.1, -0.05) is 38.2 Å². The molecule has 0 spiro atoms. The first-order valence-electron chi connectivity index (χ1n) is 14.3. The van der Waals surface area contributed by atoms with Crippen LogP contribution in [-0.2, 0) is 4.79 Å². The summed E-state index contributed by atoms with van der Waals surface area (Å²) in [6, 6.07) is 5.95. The van der Waals surface area contributed by atoms with Crippen LogP contribution in [0.4, 0.5) is 23.1 Å². The zero-order valence-electron chi connectivity index (χ0n) is 23.1. The number of anilines is 4. The Morgan fingerprint density at radius 1 is 1.15 bits per heavy atom. The number of rotatable bonds is 8. The fraction of sp³-hybridized carbons (Fsp3) is 0.533. The molecule has 0 unspecified atom stereocenters. The molecule has 2 amide bonds. The highest BCUT2D eigenvalue weighted by Crippen LogP contribution is 2.38. The highest BCUT2D eigenvalue weighted by Gasteiger charge is 2.36. The zero-order chi connectivity index (χ0) is 27.4. The molecule has 39 heavy (non-hydrogen) atoms. The van der Waals surface area contributed by atoms with E-state index in [4.69, 9.17) is 9.72 Å². The zero-order valence-corrected chi connectivity index (χ0v) is 23.1. The van der Waals surface area contributed by atoms with Crippen LogP contribution in [0.2, 0.25) is 0 Å². The van der Waals surface area contributed by atoms with Crippen molar-refractivity contribution in [3.63, 3.8) is 0 Å². The molecule has 5 rings (SSSR count). The Labute approximate surface area is 231 Å². The van der Waals surface area contributed by atoms with Crippen molar-refractivity contribution in [3.05, 3.63) is 42.6 Å². The molecule has 9 heteroatoms. The van der Waals surface area contributed by atoms with E-state index in [0.717, 1.165) is 44.3 Å². The number of hydrogen-bond donors (Lipinski definition) is 2. The summed E-state index contributed by atoms with van der Waals surface area (Å²) in [4.78, 5) is 39.6. The number of allylic oxidation sites excluding steroid dienone is 1. The van der Waals surface area contributed by atoms with E-state index >= 15 is 0 Å². The molecule has 2 heterocycles. The molecular weight excluding hydrogens is 492 g/mol. The number of methoxy groups -OCH3 is 1. The van der Waals surface area contributed by atoms with Gasteiger partial charge >= 0.3 is 0 Å². The molecule has 2 saturated carbocycles. The van der Waals surface area contributed by atoms with Gasteiger partial charge < -0.3 is 25.2 Å². The minimum Gasteiger partial charge on any atom is -0.495 e. The lowest BCUT2D eigenvalue weighted by Gasteiger charge is -2.31. The van der Waals surface area contributed by atoms with Crippen molar-refractivity contribution in [2.75, 3.05) is 35.8 Å². The van der Waals surface area contributed by atoms with Crippen LogP contribution in [0.25, 0.3) is 0 Å². The highest BCUT2D eigenvalue weighted by atomic mass is 16.5. The largest absolute Gasteiger partial charge is 0.495 e. The predicted molar refractivity (Wildman–Crippen MR) is 154 cm³/mol. The number of fused-ring (bicyclic) bond motifs is 1. The van der Waals surface area contributed by atoms with E-state index in [1.807, 2.05) is 12.1 Å². The molecule has 2 fully saturated rings. The maximum Gasteiger partial charge on any atom is 0.251 e. The molecule has 1 atom stereocenters. The molecule has 3 aliphatic rings. The number of carbonyl (C=O) groups is 2. The number of nitrogens with one attached hydrogen (secondary N) is 2. The second kappa shape index (κ2) is 12.1. The summed E-state index contributed by atoms with van der Waals surface area (Å²) in [5, 5.41) is 6.45. The lowest BCUT2D eigenvalue weighted by Crippen LogP contribution is -2.39. The summed E-state index contributed by atoms with van der Waals surface area (Å²) in [5.74, 6) is 1.52. The Hall–Kier alpha value is -3.62. The molecule has 208 valence electrons. The number of ether oxygens (including phenoxy) is 1. The van der Waals surface area contributed by atoms with Crippen molar-refractivity contribution in [1.29, 1.82) is 0 Å². The topological polar surface area (TPSA) is 99.7 Å². The fourth-order valence-corrected chi connectivity index (χ4v) is 6.16. The molecular formula is C30H40N6O3. The molecule has 1 aromatic heterocycles. The lowest BCUT2D eigenvalue weighted by atomic mass is 9.95. The smallest absolute Gasteiger partial charge is 0.251 e. The maximum atomic E-state index is 13.3. The van der Waals surface area contributed by atoms with Gasteiger partial charge in [-0.2, -0.15) is 4.98 Å². The van der Waals surface area contributed by atoms with Gasteiger partial charge in [0.2, 0.25) is 11.9 Å². The summed E-state index contributed by atoms with van der Waals surface area (Å²) in [7, 11) is 3.38. The molecule has 0 bridgehead atoms. The first-order chi connectivity index (χ1) is 19.0. The van der Waals surface area contributed by atoms with Gasteiger partial charge in [0.25, 0.3) is 5.91 Å². The van der Waals surface area contributed by atoms with Gasteiger partial charge in [0.1, 0.15) is 11.4 Å². The summed E-state index contributed by atoms with van der Waals surface area (Å²) in [5.41, 5.74) is 1.94. The SMILES string of the molecule is C=CC[C@H]1CN(C2CCCC2)c2nc(Nc3ccc(C(=O)NC4CCCCC4)cc3OC)ncc2N(C)C1=O. The van der Waals surface area contributed by atoms with Gasteiger partial charge in [-0.15, -0.1) is 6.58 Å². The second-order valence-electron chi connectivity index (χ2n) is 11.0. The third-order valence-electron chi connectivity index (χ3n) is 8.35. The van der Waals surface area contributed by atoms with Crippen LogP contribution in [0.5, 0.6) is 5.75 Å². The number of amides is 2. The number of benzene rings is 1. The summed E-state index contributed by atoms with van der Waals surface area (Å²) >= 11 is 0. The maximum absolute atomic E-state index is 13.3. The Morgan fingerprint density at radius 3 is 2.62 bits per heavy atom. The minimum absolute atomic E-state index is 0.0599. The third-order valence-corrected chi connectivity index (χ3v) is 8.35. The summed E-state index contributed by atoms with van der Waals surface area (Å²) < 4.78 is 5.63. The first-order valence-corrected chi connectivity index (χ1v) is 14.3. The van der Waals surface area contributed by atoms with Gasteiger partial charge in [-0.25, -0.2) is 4.98 Å². The quantitative estimate of drug-likeness (QED) is 0.450. The van der Waals surface area contributed by atoms with Crippen molar-refractivity contribution in [1.82, 2.24) is 15.3 Å². The minimum atomic E-state index is -0.175. The first kappa shape index (κ1) is 27.0. The van der Waals surface area contributed by atoms with Crippen LogP contribution in [0, 0.1) is 5.92 Å². The standard InChI is InChI=1S/C30H40N6O3/c1-4-10-21-19-36(23-13-8-9-14-23)27-25(35(2)29(21)38)18-31-30(34-27)33-24-16-15-20(17-26(24)39-3)28(37)32-22-11-6-5-7-12-22/h4,15-18,21-23H,1,5-14,19H2,2-3H3,(H,32,37)(H,31,33,34)/t21-/m0/s1. The number of carbonyl (C=O) groups excluding carboxylic acids is 2. The van der Waals surface area contributed by atoms with E-state index in [-0.39, 0.29) is 23.8 Å². The van der Waals surface area contributed by atoms with E-state index < -0.39 is 0 Å². The van der Waals surface area contributed by atoms with Crippen LogP contribution in [0.1, 0.15) is 74.6 Å². The van der Waals surface area contributed by atoms with E-state index in [9.17, 15) is 9.59 Å². The van der Waals surface area contributed by atoms with Crippen molar-refractivity contribution in [3.8, 4) is 5.75 Å². The number of nitrogens with zero attached hydrogens (tertiary/aromatic N) is 4. The normalized spacial score (nSPS) is 20.4. The Bertz CT molecular complexity index is 1210. The van der Waals surface area contributed by atoms with Gasteiger partial charge in [0.15, 0.2) is 5.82 Å². The van der Waals surface area contributed by atoms with Gasteiger partial charge in [-0.3, -0.25) is 9.59 Å². The van der Waals surface area contributed by atoms with E-state index in [1.54, 1.807) is 37.4 Å². The van der Waals surface area contributed by atoms with Gasteiger partial charge in [0.05, 0.1) is 24.9 Å². The molecule has 2 N–H and O–H groups in total. The lowest BCUT2D eigenvalue weighted by molar-refractivity contribution is -0.121. The number of hydrogen-bond acceptors (Lipinski definition) is 7. The molecule has 2 aliphatic carbocycles. The fourth-order valence-electron chi connectivity index (χ4n) is 6.16. The second-order valence-corrected chi connectivity index (χ2v) is 11.0. The van der Waals surface area contributed by atoms with E-state index in [1.165, 1.54) is 19.3 Å². The van der Waals surface area contributed by atoms with Crippen LogP contribution in [0.15, 0.2) is 37.1 Å². The molecule has 9 nitrogen and oxygen atoms in total. The monoisotopic (exact) mass is 532 g/mol. The van der Waals surface area contributed by atoms with Crippen molar-refractivity contribution >= 4 is 35.0 Å². The van der Waals surface area contributed by atoms with Crippen molar-refractivity contribution < 1.29 is 14.3 Å². The average molecular weight is 533 g/mol. The molecule has 0 saturated heterocycles. The average Bonchev–Trinajstić information content (AvgIpc) is 3.47. The Balaban J connectivity index is 1.40. The Kier molecular flexibility index (Phi) is 8.33. The van der Waals surface area contributed by atoms with Crippen molar-refractivity contribution in [2.45, 2.75) is 76.3 Å². The van der Waals surface area contributed by atoms with Crippen LogP contribution in [-0.4, -0.2) is 54.6 Å². The highest BCUT2D eigenvalue weighted by molar-refractivity contribution is 5.99. The van der Waals surface area contributed by atoms with Gasteiger partial charge in [-0.05, 0) is 50.3 Å². The van der Waals surface area contributed by atoms with E-state index in [0.29, 0.717) is 47.6 Å². The summed E-state index contributed by atoms with van der Waals surface area (Å²) in [6.07, 6.45) is 14.3. The van der Waals surface area contributed by atoms with Crippen LogP contribution >= 0.6 is 0 Å². The van der Waals surface area contributed by atoms with E-state index in [2.05, 4.69) is 27.1 Å². The van der Waals surface area contributed by atoms with Crippen molar-refractivity contribution in [2.24, 2.45) is 5.92 Å². The Morgan fingerprint density at radius 2 is 1.90 bits per heavy atom. The van der Waals surface area contributed by atoms with Crippen LogP contribution in [0.3, 0.4) is 0 Å². The van der Waals surface area contributed by atoms with Gasteiger partial charge in [0, 0.05) is 31.2 Å². The summed E-state index contributed by atoms with van der Waals surface area (Å²) in [6.45, 7) is 4.48.